The first-order valence-corrected chi connectivity index (χ1v) is 9.52. The predicted molar refractivity (Wildman–Crippen MR) is 111 cm³/mol. The number of nitrogens with zero attached hydrogens (tertiary/aromatic N) is 4. The zero-order valence-electron chi connectivity index (χ0n) is 15.3. The minimum Gasteiger partial charge on any atom is -0.368 e. The highest BCUT2D eigenvalue weighted by molar-refractivity contribution is 6.30. The third-order valence-corrected chi connectivity index (χ3v) is 4.92. The van der Waals surface area contributed by atoms with Gasteiger partial charge in [-0.05, 0) is 42.5 Å². The molecule has 0 spiro atoms. The van der Waals surface area contributed by atoms with Gasteiger partial charge in [-0.25, -0.2) is 9.97 Å². The van der Waals surface area contributed by atoms with Crippen LogP contribution in [0.15, 0.2) is 66.9 Å². The third-order valence-electron chi connectivity index (χ3n) is 4.66. The summed E-state index contributed by atoms with van der Waals surface area (Å²) in [6, 6.07) is 19.1. The van der Waals surface area contributed by atoms with Gasteiger partial charge in [-0.1, -0.05) is 29.8 Å². The van der Waals surface area contributed by atoms with Crippen molar-refractivity contribution in [3.05, 3.63) is 77.6 Å². The van der Waals surface area contributed by atoms with E-state index in [1.807, 2.05) is 35.2 Å². The first kappa shape index (κ1) is 18.3. The second-order valence-electron chi connectivity index (χ2n) is 6.51. The van der Waals surface area contributed by atoms with Crippen LogP contribution >= 0.6 is 11.6 Å². The maximum absolute atomic E-state index is 12.9. The summed E-state index contributed by atoms with van der Waals surface area (Å²) in [5, 5.41) is 3.76. The summed E-state index contributed by atoms with van der Waals surface area (Å²) in [5.41, 5.74) is 2.39. The van der Waals surface area contributed by atoms with E-state index in [-0.39, 0.29) is 5.91 Å². The van der Waals surface area contributed by atoms with E-state index in [1.54, 1.807) is 24.4 Å². The van der Waals surface area contributed by atoms with Gasteiger partial charge in [0.1, 0.15) is 5.69 Å². The van der Waals surface area contributed by atoms with Crippen molar-refractivity contribution in [1.29, 1.82) is 0 Å². The number of halogens is 1. The van der Waals surface area contributed by atoms with Crippen LogP contribution in [-0.2, 0) is 0 Å². The molecule has 6 nitrogen and oxygen atoms in total. The Kier molecular flexibility index (Phi) is 5.39. The number of nitrogens with one attached hydrogen (secondary N) is 1. The number of carbonyl (C=O) groups excluding carboxylic acids is 1. The molecule has 7 heteroatoms. The van der Waals surface area contributed by atoms with E-state index in [4.69, 9.17) is 11.6 Å². The van der Waals surface area contributed by atoms with Crippen LogP contribution in [0, 0.1) is 0 Å². The molecule has 28 heavy (non-hydrogen) atoms. The minimum atomic E-state index is -0.0748. The molecule has 1 saturated heterocycles. The largest absolute Gasteiger partial charge is 0.368 e. The third kappa shape index (κ3) is 4.23. The van der Waals surface area contributed by atoms with E-state index < -0.39 is 0 Å². The summed E-state index contributed by atoms with van der Waals surface area (Å²) in [5.74, 6) is 0.311. The number of piperazine rings is 1. The van der Waals surface area contributed by atoms with Gasteiger partial charge in [0.05, 0.1) is 0 Å². The summed E-state index contributed by atoms with van der Waals surface area (Å²) in [7, 11) is 0. The Morgan fingerprint density at radius 1 is 0.929 bits per heavy atom. The minimum absolute atomic E-state index is 0.0748. The van der Waals surface area contributed by atoms with Gasteiger partial charge >= 0.3 is 0 Å². The number of carbonyl (C=O) groups is 1. The van der Waals surface area contributed by atoms with Gasteiger partial charge in [-0.15, -0.1) is 0 Å². The smallest absolute Gasteiger partial charge is 0.272 e. The van der Waals surface area contributed by atoms with E-state index in [0.29, 0.717) is 29.8 Å². The fraction of sp³-hybridized carbons (Fsp3) is 0.190. The standard InChI is InChI=1S/C21H20ClN5O/c22-16-6-8-17(9-7-16)24-21-23-11-10-19(25-21)20(28)27-14-12-26(13-15-27)18-4-2-1-3-5-18/h1-11H,12-15H2,(H,23,24,25). The Hall–Kier alpha value is -3.12. The van der Waals surface area contributed by atoms with Crippen molar-refractivity contribution in [2.45, 2.75) is 0 Å². The van der Waals surface area contributed by atoms with Crippen molar-refractivity contribution in [3.63, 3.8) is 0 Å². The summed E-state index contributed by atoms with van der Waals surface area (Å²) >= 11 is 5.90. The number of benzene rings is 2. The molecular weight excluding hydrogens is 374 g/mol. The molecule has 0 unspecified atom stereocenters. The molecule has 2 heterocycles. The number of hydrogen-bond donors (Lipinski definition) is 1. The quantitative estimate of drug-likeness (QED) is 0.729. The van der Waals surface area contributed by atoms with Gasteiger partial charge < -0.3 is 15.1 Å². The van der Waals surface area contributed by atoms with E-state index in [2.05, 4.69) is 32.3 Å². The molecule has 2 aromatic carbocycles. The van der Waals surface area contributed by atoms with Crippen LogP contribution in [-0.4, -0.2) is 47.0 Å². The Labute approximate surface area is 168 Å². The second-order valence-corrected chi connectivity index (χ2v) is 6.95. The number of para-hydroxylation sites is 1. The summed E-state index contributed by atoms with van der Waals surface area (Å²) in [6.07, 6.45) is 1.60. The lowest BCUT2D eigenvalue weighted by Gasteiger charge is -2.36. The Morgan fingerprint density at radius 3 is 2.36 bits per heavy atom. The Balaban J connectivity index is 1.40. The number of rotatable bonds is 4. The zero-order chi connectivity index (χ0) is 19.3. The summed E-state index contributed by atoms with van der Waals surface area (Å²) in [6.45, 7) is 2.93. The molecule has 0 saturated carbocycles. The second kappa shape index (κ2) is 8.27. The van der Waals surface area contributed by atoms with Crippen LogP contribution in [0.1, 0.15) is 10.5 Å². The van der Waals surface area contributed by atoms with E-state index in [0.717, 1.165) is 18.8 Å². The van der Waals surface area contributed by atoms with Gasteiger partial charge in [-0.3, -0.25) is 4.79 Å². The average Bonchev–Trinajstić information content (AvgIpc) is 2.76. The molecule has 4 rings (SSSR count). The van der Waals surface area contributed by atoms with Gasteiger partial charge in [0.15, 0.2) is 0 Å². The molecule has 3 aromatic rings. The SMILES string of the molecule is O=C(c1ccnc(Nc2ccc(Cl)cc2)n1)N1CCN(c2ccccc2)CC1. The van der Waals surface area contributed by atoms with Crippen molar-refractivity contribution in [2.75, 3.05) is 36.4 Å². The van der Waals surface area contributed by atoms with Crippen molar-refractivity contribution in [2.24, 2.45) is 0 Å². The lowest BCUT2D eigenvalue weighted by Crippen LogP contribution is -2.49. The van der Waals surface area contributed by atoms with Gasteiger partial charge in [0.25, 0.3) is 5.91 Å². The molecule has 1 fully saturated rings. The highest BCUT2D eigenvalue weighted by Crippen LogP contribution is 2.18. The van der Waals surface area contributed by atoms with Crippen LogP contribution in [0.4, 0.5) is 17.3 Å². The highest BCUT2D eigenvalue weighted by atomic mass is 35.5. The Bertz CT molecular complexity index is 941. The first-order valence-electron chi connectivity index (χ1n) is 9.14. The molecule has 1 aliphatic rings. The van der Waals surface area contributed by atoms with Crippen LogP contribution in [0.25, 0.3) is 0 Å². The topological polar surface area (TPSA) is 61.4 Å². The normalized spacial score (nSPS) is 14.0. The number of anilines is 3. The summed E-state index contributed by atoms with van der Waals surface area (Å²) < 4.78 is 0. The molecule has 142 valence electrons. The monoisotopic (exact) mass is 393 g/mol. The van der Waals surface area contributed by atoms with Crippen molar-refractivity contribution >= 4 is 34.8 Å². The summed E-state index contributed by atoms with van der Waals surface area (Å²) in [4.78, 5) is 25.6. The Morgan fingerprint density at radius 2 is 1.64 bits per heavy atom. The highest BCUT2D eigenvalue weighted by Gasteiger charge is 2.23. The molecule has 1 N–H and O–H groups in total. The van der Waals surface area contributed by atoms with Crippen LogP contribution < -0.4 is 10.2 Å². The number of hydrogen-bond acceptors (Lipinski definition) is 5. The van der Waals surface area contributed by atoms with Crippen molar-refractivity contribution in [3.8, 4) is 0 Å². The maximum Gasteiger partial charge on any atom is 0.272 e. The van der Waals surface area contributed by atoms with Crippen molar-refractivity contribution in [1.82, 2.24) is 14.9 Å². The van der Waals surface area contributed by atoms with Crippen LogP contribution in [0.3, 0.4) is 0 Å². The van der Waals surface area contributed by atoms with Gasteiger partial charge in [0, 0.05) is 48.8 Å². The molecule has 0 atom stereocenters. The molecule has 1 aliphatic heterocycles. The fourth-order valence-corrected chi connectivity index (χ4v) is 3.29. The molecule has 0 aliphatic carbocycles. The lowest BCUT2D eigenvalue weighted by atomic mass is 10.2. The van der Waals surface area contributed by atoms with Crippen molar-refractivity contribution < 1.29 is 4.79 Å². The van der Waals surface area contributed by atoms with E-state index >= 15 is 0 Å². The number of aromatic nitrogens is 2. The maximum atomic E-state index is 12.9. The number of amides is 1. The van der Waals surface area contributed by atoms with Crippen LogP contribution in [0.2, 0.25) is 5.02 Å². The van der Waals surface area contributed by atoms with E-state index in [1.165, 1.54) is 5.69 Å². The van der Waals surface area contributed by atoms with Gasteiger partial charge in [0.2, 0.25) is 5.95 Å². The zero-order valence-corrected chi connectivity index (χ0v) is 16.0. The fourth-order valence-electron chi connectivity index (χ4n) is 3.17. The van der Waals surface area contributed by atoms with Gasteiger partial charge in [-0.2, -0.15) is 0 Å². The van der Waals surface area contributed by atoms with E-state index in [9.17, 15) is 4.79 Å². The molecule has 1 aromatic heterocycles. The molecule has 0 radical (unpaired) electrons. The average molecular weight is 394 g/mol. The first-order chi connectivity index (χ1) is 13.7. The lowest BCUT2D eigenvalue weighted by molar-refractivity contribution is 0.0741. The molecular formula is C21H20ClN5O. The molecule has 0 bridgehead atoms. The predicted octanol–water partition coefficient (Wildman–Crippen LogP) is 3.84. The van der Waals surface area contributed by atoms with Crippen LogP contribution in [0.5, 0.6) is 0 Å². The molecule has 1 amide bonds.